The molecule has 7 heteroatoms. The molecule has 0 unspecified atom stereocenters. The lowest BCUT2D eigenvalue weighted by molar-refractivity contribution is 0.630. The Labute approximate surface area is 124 Å². The fourth-order valence-corrected chi connectivity index (χ4v) is 2.45. The van der Waals surface area contributed by atoms with Crippen molar-refractivity contribution in [3.63, 3.8) is 0 Å². The first-order valence-electron chi connectivity index (χ1n) is 6.44. The van der Waals surface area contributed by atoms with Crippen LogP contribution in [0.5, 0.6) is 0 Å². The first kappa shape index (κ1) is 13.6. The summed E-state index contributed by atoms with van der Waals surface area (Å²) in [5.41, 5.74) is 0.922. The van der Waals surface area contributed by atoms with Gasteiger partial charge in [0, 0.05) is 5.56 Å². The average Bonchev–Trinajstić information content (AvgIpc) is 2.96. The molecule has 0 spiro atoms. The molecular weight excluding hydrogens is 289 g/mol. The van der Waals surface area contributed by atoms with Crippen molar-refractivity contribution >= 4 is 22.3 Å². The number of anilines is 2. The lowest BCUT2D eigenvalue weighted by Crippen LogP contribution is -1.96. The van der Waals surface area contributed by atoms with Crippen molar-refractivity contribution < 1.29 is 4.39 Å². The van der Waals surface area contributed by atoms with E-state index in [0.717, 1.165) is 11.4 Å². The first-order valence-corrected chi connectivity index (χ1v) is 7.26. The lowest BCUT2D eigenvalue weighted by Gasteiger charge is -2.03. The van der Waals surface area contributed by atoms with Crippen molar-refractivity contribution in [2.75, 3.05) is 5.32 Å². The lowest BCUT2D eigenvalue weighted by atomic mass is 10.1. The second-order valence-electron chi connectivity index (χ2n) is 4.26. The summed E-state index contributed by atoms with van der Waals surface area (Å²) in [7, 11) is 0. The van der Waals surface area contributed by atoms with Crippen molar-refractivity contribution in [1.82, 2.24) is 20.4 Å². The first-order chi connectivity index (χ1) is 10.3. The van der Waals surface area contributed by atoms with Gasteiger partial charge in [-0.1, -0.05) is 30.4 Å². The van der Waals surface area contributed by atoms with Crippen molar-refractivity contribution in [2.45, 2.75) is 13.3 Å². The third-order valence-corrected chi connectivity index (χ3v) is 3.80. The van der Waals surface area contributed by atoms with Crippen LogP contribution in [0.15, 0.2) is 36.4 Å². The van der Waals surface area contributed by atoms with Crippen molar-refractivity contribution in [2.24, 2.45) is 0 Å². The van der Waals surface area contributed by atoms with E-state index in [0.29, 0.717) is 22.2 Å². The van der Waals surface area contributed by atoms with Gasteiger partial charge >= 0.3 is 0 Å². The minimum absolute atomic E-state index is 0.316. The summed E-state index contributed by atoms with van der Waals surface area (Å²) in [5, 5.41) is 20.7. The predicted molar refractivity (Wildman–Crippen MR) is 80.0 cm³/mol. The number of hydrogen-bond acceptors (Lipinski definition) is 6. The number of hydrogen-bond donors (Lipinski definition) is 1. The smallest absolute Gasteiger partial charge is 0.211 e. The Morgan fingerprint density at radius 3 is 2.57 bits per heavy atom. The summed E-state index contributed by atoms with van der Waals surface area (Å²) in [6.45, 7) is 2.02. The Morgan fingerprint density at radius 1 is 1.05 bits per heavy atom. The highest BCUT2D eigenvalue weighted by Gasteiger charge is 2.07. The van der Waals surface area contributed by atoms with Gasteiger partial charge in [-0.25, -0.2) is 4.39 Å². The van der Waals surface area contributed by atoms with Crippen LogP contribution in [0.25, 0.3) is 11.3 Å². The van der Waals surface area contributed by atoms with E-state index >= 15 is 0 Å². The number of aryl methyl sites for hydroxylation is 1. The van der Waals surface area contributed by atoms with Gasteiger partial charge in [-0.05, 0) is 30.7 Å². The number of benzene rings is 1. The van der Waals surface area contributed by atoms with Crippen molar-refractivity contribution in [3.8, 4) is 11.3 Å². The zero-order valence-electron chi connectivity index (χ0n) is 11.2. The van der Waals surface area contributed by atoms with Gasteiger partial charge in [-0.3, -0.25) is 0 Å². The van der Waals surface area contributed by atoms with Crippen LogP contribution in [-0.2, 0) is 6.42 Å². The predicted octanol–water partition coefficient (Wildman–Crippen LogP) is 3.44. The van der Waals surface area contributed by atoms with E-state index in [1.165, 1.54) is 17.4 Å². The summed E-state index contributed by atoms with van der Waals surface area (Å²) in [4.78, 5) is 0. The van der Waals surface area contributed by atoms with E-state index in [1.807, 2.05) is 6.92 Å². The van der Waals surface area contributed by atoms with Gasteiger partial charge in [0.25, 0.3) is 0 Å². The average molecular weight is 301 g/mol. The van der Waals surface area contributed by atoms with Gasteiger partial charge in [0.2, 0.25) is 5.13 Å². The van der Waals surface area contributed by atoms with Gasteiger partial charge < -0.3 is 5.32 Å². The zero-order valence-corrected chi connectivity index (χ0v) is 12.1. The molecule has 2 heterocycles. The van der Waals surface area contributed by atoms with Crippen LogP contribution in [0, 0.1) is 5.82 Å². The van der Waals surface area contributed by atoms with E-state index in [1.54, 1.807) is 30.3 Å². The highest BCUT2D eigenvalue weighted by molar-refractivity contribution is 7.15. The molecule has 0 aliphatic carbocycles. The second-order valence-corrected chi connectivity index (χ2v) is 5.33. The minimum Gasteiger partial charge on any atom is -0.313 e. The third kappa shape index (κ3) is 3.03. The van der Waals surface area contributed by atoms with Crippen LogP contribution in [-0.4, -0.2) is 20.4 Å². The quantitative estimate of drug-likeness (QED) is 0.799. The van der Waals surface area contributed by atoms with Gasteiger partial charge in [-0.2, -0.15) is 0 Å². The Balaban J connectivity index is 1.79. The Morgan fingerprint density at radius 2 is 1.90 bits per heavy atom. The zero-order chi connectivity index (χ0) is 14.7. The molecule has 0 atom stereocenters. The second kappa shape index (κ2) is 5.92. The van der Waals surface area contributed by atoms with Crippen LogP contribution in [0.3, 0.4) is 0 Å². The summed E-state index contributed by atoms with van der Waals surface area (Å²) in [5.74, 6) is 0.234. The maximum absolute atomic E-state index is 13.7. The normalized spacial score (nSPS) is 10.6. The molecule has 0 aliphatic heterocycles. The minimum atomic E-state index is -0.316. The monoisotopic (exact) mass is 301 g/mol. The third-order valence-electron chi connectivity index (χ3n) is 2.82. The number of nitrogens with one attached hydrogen (secondary N) is 1. The Kier molecular flexibility index (Phi) is 3.83. The highest BCUT2D eigenvalue weighted by Crippen LogP contribution is 2.22. The van der Waals surface area contributed by atoms with Gasteiger partial charge in [0.15, 0.2) is 5.82 Å². The molecule has 21 heavy (non-hydrogen) atoms. The Bertz CT molecular complexity index is 741. The fourth-order valence-electron chi connectivity index (χ4n) is 1.77. The van der Waals surface area contributed by atoms with Gasteiger partial charge in [0.1, 0.15) is 10.8 Å². The van der Waals surface area contributed by atoms with E-state index in [4.69, 9.17) is 0 Å². The van der Waals surface area contributed by atoms with E-state index in [2.05, 4.69) is 25.7 Å². The molecule has 0 saturated carbocycles. The van der Waals surface area contributed by atoms with E-state index in [9.17, 15) is 4.39 Å². The number of halogens is 1. The number of rotatable bonds is 4. The summed E-state index contributed by atoms with van der Waals surface area (Å²) < 4.78 is 13.7. The molecule has 0 aliphatic rings. The van der Waals surface area contributed by atoms with Crippen LogP contribution in [0.2, 0.25) is 0 Å². The van der Waals surface area contributed by atoms with Crippen LogP contribution >= 0.6 is 11.3 Å². The highest BCUT2D eigenvalue weighted by atomic mass is 32.1. The molecule has 0 amide bonds. The number of nitrogens with zero attached hydrogens (tertiary/aromatic N) is 4. The molecular formula is C14H12FN5S. The van der Waals surface area contributed by atoms with E-state index < -0.39 is 0 Å². The molecule has 3 rings (SSSR count). The molecule has 0 radical (unpaired) electrons. The van der Waals surface area contributed by atoms with Crippen LogP contribution in [0.4, 0.5) is 15.3 Å². The van der Waals surface area contributed by atoms with Crippen molar-refractivity contribution in [3.05, 3.63) is 47.2 Å². The Hall–Kier alpha value is -2.41. The summed E-state index contributed by atoms with van der Waals surface area (Å²) in [6.07, 6.45) is 0.844. The molecule has 1 aromatic carbocycles. The summed E-state index contributed by atoms with van der Waals surface area (Å²) >= 11 is 1.47. The SMILES string of the molecule is CCc1nnc(Nc2ccc(-c3ccccc3F)nn2)s1. The maximum Gasteiger partial charge on any atom is 0.211 e. The van der Waals surface area contributed by atoms with Crippen molar-refractivity contribution in [1.29, 1.82) is 0 Å². The molecule has 2 aromatic heterocycles. The van der Waals surface area contributed by atoms with Gasteiger partial charge in [0.05, 0.1) is 5.69 Å². The van der Waals surface area contributed by atoms with E-state index in [-0.39, 0.29) is 5.82 Å². The topological polar surface area (TPSA) is 63.6 Å². The molecule has 0 saturated heterocycles. The summed E-state index contributed by atoms with van der Waals surface area (Å²) in [6, 6.07) is 9.93. The van der Waals surface area contributed by atoms with Gasteiger partial charge in [-0.15, -0.1) is 20.4 Å². The largest absolute Gasteiger partial charge is 0.313 e. The molecule has 1 N–H and O–H groups in total. The molecule has 5 nitrogen and oxygen atoms in total. The van der Waals surface area contributed by atoms with Crippen LogP contribution < -0.4 is 5.32 Å². The molecule has 3 aromatic rings. The molecule has 106 valence electrons. The molecule has 0 bridgehead atoms. The standard InChI is InChI=1S/C14H12FN5S/c1-2-13-19-20-14(21-13)16-12-8-7-11(17-18-12)9-5-3-4-6-10(9)15/h3-8H,2H2,1H3,(H,16,18,20). The maximum atomic E-state index is 13.7. The number of aromatic nitrogens is 4. The molecule has 0 fully saturated rings. The van der Waals surface area contributed by atoms with Crippen LogP contribution in [0.1, 0.15) is 11.9 Å². The fraction of sp³-hybridized carbons (Fsp3) is 0.143.